The Balaban J connectivity index is 2.58. The Bertz CT molecular complexity index is 368. The van der Waals surface area contributed by atoms with E-state index in [1.54, 1.807) is 0 Å². The number of halogens is 3. The maximum atomic E-state index is 13.5. The van der Waals surface area contributed by atoms with Crippen molar-refractivity contribution in [3.8, 4) is 11.5 Å². The first kappa shape index (κ1) is 9.52. The molecule has 0 N–H and O–H groups in total. The molecule has 0 unspecified atom stereocenters. The summed E-state index contributed by atoms with van der Waals surface area (Å²) in [6.07, 6.45) is 0. The molecule has 0 fully saturated rings. The summed E-state index contributed by atoms with van der Waals surface area (Å²) in [4.78, 5) is 0. The van der Waals surface area contributed by atoms with E-state index >= 15 is 0 Å². The van der Waals surface area contributed by atoms with Crippen molar-refractivity contribution in [2.75, 3.05) is 13.2 Å². The zero-order valence-corrected chi connectivity index (χ0v) is 7.90. The van der Waals surface area contributed by atoms with Crippen LogP contribution in [0.1, 0.15) is 5.56 Å². The molecule has 14 heavy (non-hydrogen) atoms. The van der Waals surface area contributed by atoms with Crippen molar-refractivity contribution in [2.24, 2.45) is 0 Å². The number of fused-ring (bicyclic) bond motifs is 1. The molecule has 2 rings (SSSR count). The van der Waals surface area contributed by atoms with Gasteiger partial charge in [-0.2, -0.15) is 0 Å². The maximum absolute atomic E-state index is 13.5. The highest BCUT2D eigenvalue weighted by Crippen LogP contribution is 2.37. The lowest BCUT2D eigenvalue weighted by Crippen LogP contribution is -2.18. The Labute approximate surface area is 84.4 Å². The summed E-state index contributed by atoms with van der Waals surface area (Å²) in [5.41, 5.74) is 0.0772. The van der Waals surface area contributed by atoms with Crippen molar-refractivity contribution in [3.05, 3.63) is 23.3 Å². The quantitative estimate of drug-likeness (QED) is 0.677. The molecule has 1 aromatic carbocycles. The predicted octanol–water partition coefficient (Wildman–Crippen LogP) is 2.47. The molecule has 2 nitrogen and oxygen atoms in total. The monoisotopic (exact) mass is 220 g/mol. The zero-order chi connectivity index (χ0) is 10.1. The lowest BCUT2D eigenvalue weighted by molar-refractivity contribution is 0.157. The van der Waals surface area contributed by atoms with Crippen LogP contribution in [0.2, 0.25) is 0 Å². The second-order valence-corrected chi connectivity index (χ2v) is 3.09. The van der Waals surface area contributed by atoms with Gasteiger partial charge >= 0.3 is 0 Å². The minimum atomic E-state index is -0.642. The zero-order valence-electron chi connectivity index (χ0n) is 7.15. The smallest absolute Gasteiger partial charge is 0.200 e. The lowest BCUT2D eigenvalue weighted by atomic mass is 10.2. The van der Waals surface area contributed by atoms with Gasteiger partial charge in [0.15, 0.2) is 17.4 Å². The van der Waals surface area contributed by atoms with Crippen molar-refractivity contribution in [2.45, 2.75) is 5.88 Å². The van der Waals surface area contributed by atoms with Gasteiger partial charge in [-0.1, -0.05) is 0 Å². The van der Waals surface area contributed by atoms with Gasteiger partial charge in [0.1, 0.15) is 13.2 Å². The molecule has 1 heterocycles. The van der Waals surface area contributed by atoms with Gasteiger partial charge < -0.3 is 9.47 Å². The van der Waals surface area contributed by atoms with Crippen LogP contribution in [0.3, 0.4) is 0 Å². The van der Waals surface area contributed by atoms with Crippen LogP contribution in [0.4, 0.5) is 8.78 Å². The molecule has 0 bridgehead atoms. The summed E-state index contributed by atoms with van der Waals surface area (Å²) >= 11 is 5.44. The molecule has 76 valence electrons. The van der Waals surface area contributed by atoms with E-state index in [1.807, 2.05) is 0 Å². The average molecular weight is 221 g/mol. The summed E-state index contributed by atoms with van der Waals surface area (Å²) in [7, 11) is 0. The van der Waals surface area contributed by atoms with Gasteiger partial charge in [-0.25, -0.2) is 8.78 Å². The third kappa shape index (κ3) is 1.39. The molecular formula is C9H7ClF2O2. The highest BCUT2D eigenvalue weighted by molar-refractivity contribution is 6.17. The normalized spacial score (nSPS) is 14.2. The molecule has 0 saturated carbocycles. The Morgan fingerprint density at radius 3 is 2.50 bits per heavy atom. The van der Waals surface area contributed by atoms with Gasteiger partial charge in [0.25, 0.3) is 0 Å². The number of rotatable bonds is 1. The van der Waals surface area contributed by atoms with Crippen LogP contribution in [-0.2, 0) is 5.88 Å². The fraction of sp³-hybridized carbons (Fsp3) is 0.333. The first-order valence-electron chi connectivity index (χ1n) is 4.06. The average Bonchev–Trinajstić information content (AvgIpc) is 2.23. The molecule has 0 aromatic heterocycles. The first-order valence-corrected chi connectivity index (χ1v) is 4.60. The minimum absolute atomic E-state index is 0.0772. The molecule has 0 saturated heterocycles. The van der Waals surface area contributed by atoms with Gasteiger partial charge in [0.2, 0.25) is 5.75 Å². The molecule has 0 amide bonds. The standard InChI is InChI=1S/C9H7ClF2O2/c10-4-5-3-6(11)8-9(7(5)12)14-2-1-13-8/h3H,1-2,4H2. The molecule has 0 atom stereocenters. The van der Waals surface area contributed by atoms with Crippen LogP contribution in [0, 0.1) is 11.6 Å². The Morgan fingerprint density at radius 1 is 1.21 bits per heavy atom. The number of benzene rings is 1. The maximum Gasteiger partial charge on any atom is 0.200 e. The van der Waals surface area contributed by atoms with E-state index in [9.17, 15) is 8.78 Å². The number of hydrogen-bond acceptors (Lipinski definition) is 2. The van der Waals surface area contributed by atoms with Crippen molar-refractivity contribution < 1.29 is 18.3 Å². The molecule has 1 aliphatic rings. The van der Waals surface area contributed by atoms with E-state index in [0.29, 0.717) is 0 Å². The fourth-order valence-electron chi connectivity index (χ4n) is 1.28. The fourth-order valence-corrected chi connectivity index (χ4v) is 1.48. The van der Waals surface area contributed by atoms with Gasteiger partial charge in [-0.05, 0) is 6.07 Å². The first-order chi connectivity index (χ1) is 6.74. The second-order valence-electron chi connectivity index (χ2n) is 2.82. The minimum Gasteiger partial charge on any atom is -0.483 e. The van der Waals surface area contributed by atoms with Gasteiger partial charge in [-0.3, -0.25) is 0 Å². The third-order valence-electron chi connectivity index (χ3n) is 1.93. The summed E-state index contributed by atoms with van der Waals surface area (Å²) in [5.74, 6) is -1.72. The van der Waals surface area contributed by atoms with Crippen LogP contribution in [0.15, 0.2) is 6.07 Å². The highest BCUT2D eigenvalue weighted by Gasteiger charge is 2.23. The van der Waals surface area contributed by atoms with E-state index in [4.69, 9.17) is 21.1 Å². The molecule has 0 radical (unpaired) electrons. The van der Waals surface area contributed by atoms with Crippen LogP contribution in [0.5, 0.6) is 11.5 Å². The number of ether oxygens (including phenoxy) is 2. The topological polar surface area (TPSA) is 18.5 Å². The highest BCUT2D eigenvalue weighted by atomic mass is 35.5. The predicted molar refractivity (Wildman–Crippen MR) is 46.9 cm³/mol. The van der Waals surface area contributed by atoms with Gasteiger partial charge in [0.05, 0.1) is 5.88 Å². The molecule has 0 aliphatic carbocycles. The molecule has 1 aromatic rings. The SMILES string of the molecule is Fc1cc(CCl)c(F)c2c1OCCO2. The van der Waals surface area contributed by atoms with E-state index < -0.39 is 11.6 Å². The van der Waals surface area contributed by atoms with Crippen molar-refractivity contribution in [3.63, 3.8) is 0 Å². The van der Waals surface area contributed by atoms with Crippen LogP contribution in [0.25, 0.3) is 0 Å². The number of alkyl halides is 1. The van der Waals surface area contributed by atoms with E-state index in [1.165, 1.54) is 0 Å². The van der Waals surface area contributed by atoms with Crippen molar-refractivity contribution in [1.29, 1.82) is 0 Å². The summed E-state index contributed by atoms with van der Waals surface area (Å²) in [6.45, 7) is 0.443. The largest absolute Gasteiger partial charge is 0.483 e. The molecule has 1 aliphatic heterocycles. The molecule has 5 heteroatoms. The summed E-state index contributed by atoms with van der Waals surface area (Å²) in [5, 5.41) is 0. The van der Waals surface area contributed by atoms with Gasteiger partial charge in [-0.15, -0.1) is 11.6 Å². The van der Waals surface area contributed by atoms with E-state index in [2.05, 4.69) is 0 Å². The van der Waals surface area contributed by atoms with Gasteiger partial charge in [0, 0.05) is 5.56 Å². The van der Waals surface area contributed by atoms with Crippen LogP contribution >= 0.6 is 11.6 Å². The molecular weight excluding hydrogens is 214 g/mol. The Kier molecular flexibility index (Phi) is 2.46. The molecule has 0 spiro atoms. The number of hydrogen-bond donors (Lipinski definition) is 0. The Hall–Kier alpha value is -1.03. The second kappa shape index (κ2) is 3.61. The van der Waals surface area contributed by atoms with Crippen molar-refractivity contribution >= 4 is 11.6 Å². The van der Waals surface area contributed by atoms with Crippen molar-refractivity contribution in [1.82, 2.24) is 0 Å². The van der Waals surface area contributed by atoms with E-state index in [0.717, 1.165) is 6.07 Å². The summed E-state index contributed by atoms with van der Waals surface area (Å²) < 4.78 is 36.7. The van der Waals surface area contributed by atoms with E-state index in [-0.39, 0.29) is 36.2 Å². The summed E-state index contributed by atoms with van der Waals surface area (Å²) in [6, 6.07) is 1.02. The Morgan fingerprint density at radius 2 is 1.86 bits per heavy atom. The third-order valence-corrected chi connectivity index (χ3v) is 2.21. The van der Waals surface area contributed by atoms with Crippen LogP contribution < -0.4 is 9.47 Å². The lowest BCUT2D eigenvalue weighted by Gasteiger charge is -2.20. The van der Waals surface area contributed by atoms with Crippen LogP contribution in [-0.4, -0.2) is 13.2 Å².